The van der Waals surface area contributed by atoms with Crippen LogP contribution in [0, 0.1) is 0 Å². The molecule has 0 saturated heterocycles. The Morgan fingerprint density at radius 2 is 1.76 bits per heavy atom. The van der Waals surface area contributed by atoms with Crippen LogP contribution in [0.3, 0.4) is 0 Å². The Labute approximate surface area is 203 Å². The summed E-state index contributed by atoms with van der Waals surface area (Å²) in [5.41, 5.74) is 1.17. The Bertz CT molecular complexity index is 1270. The number of benzene rings is 2. The van der Waals surface area contributed by atoms with Crippen LogP contribution in [0.5, 0.6) is 11.5 Å². The van der Waals surface area contributed by atoms with Crippen molar-refractivity contribution in [2.45, 2.75) is 26.3 Å². The van der Waals surface area contributed by atoms with Crippen molar-refractivity contribution in [3.8, 4) is 11.5 Å². The molecule has 0 spiro atoms. The summed E-state index contributed by atoms with van der Waals surface area (Å²) in [6.07, 6.45) is 0.769. The summed E-state index contributed by atoms with van der Waals surface area (Å²) in [4.78, 5) is 31.2. The molecule has 0 radical (unpaired) electrons. The molecule has 7 nitrogen and oxygen atoms in total. The van der Waals surface area contributed by atoms with Gasteiger partial charge in [0.05, 0.1) is 31.2 Å². The number of carbonyl (C=O) groups is 1. The average molecular weight is 485 g/mol. The fraction of sp³-hybridized carbons (Fsp3) is 0.385. The Hall–Kier alpha value is -3.03. The van der Waals surface area contributed by atoms with Crippen molar-refractivity contribution < 1.29 is 18.7 Å². The molecule has 8 heteroatoms. The van der Waals surface area contributed by atoms with Crippen LogP contribution in [-0.2, 0) is 0 Å². The topological polar surface area (TPSA) is 72.2 Å². The van der Waals surface area contributed by atoms with Crippen LogP contribution in [0.2, 0.25) is 5.02 Å². The molecule has 3 aromatic rings. The Kier molecular flexibility index (Phi) is 7.14. The van der Waals surface area contributed by atoms with Gasteiger partial charge >= 0.3 is 0 Å². The first-order chi connectivity index (χ1) is 16.4. The minimum Gasteiger partial charge on any atom is -0.493 e. The molecule has 0 unspecified atom stereocenters. The third-order valence-corrected chi connectivity index (χ3v) is 6.65. The zero-order valence-corrected chi connectivity index (χ0v) is 20.6. The second-order valence-corrected chi connectivity index (χ2v) is 8.65. The van der Waals surface area contributed by atoms with Crippen molar-refractivity contribution in [2.24, 2.45) is 0 Å². The lowest BCUT2D eigenvalue weighted by atomic mass is 9.98. The molecule has 1 aliphatic rings. The van der Waals surface area contributed by atoms with E-state index in [9.17, 15) is 9.59 Å². The monoisotopic (exact) mass is 484 g/mol. The molecule has 4 rings (SSSR count). The SMILES string of the molecule is CCN(CC)CCCN1C(=O)c2oc3ccc(Cl)cc3c(=O)c2[C@H]1c1ccc(OC)c(OC)c1. The van der Waals surface area contributed by atoms with Gasteiger partial charge in [-0.3, -0.25) is 9.59 Å². The number of methoxy groups -OCH3 is 2. The van der Waals surface area contributed by atoms with Gasteiger partial charge in [-0.25, -0.2) is 0 Å². The zero-order valence-electron chi connectivity index (χ0n) is 19.9. The van der Waals surface area contributed by atoms with Gasteiger partial charge in [-0.05, 0) is 62.0 Å². The van der Waals surface area contributed by atoms with Crippen LogP contribution in [0.4, 0.5) is 0 Å². The third kappa shape index (κ3) is 4.26. The molecule has 0 saturated carbocycles. The Morgan fingerprint density at radius 3 is 2.44 bits per heavy atom. The first-order valence-corrected chi connectivity index (χ1v) is 11.8. The van der Waals surface area contributed by atoms with Crippen molar-refractivity contribution in [1.29, 1.82) is 0 Å². The van der Waals surface area contributed by atoms with Gasteiger partial charge in [0.25, 0.3) is 5.91 Å². The van der Waals surface area contributed by atoms with Crippen molar-refractivity contribution in [2.75, 3.05) is 40.4 Å². The van der Waals surface area contributed by atoms with Crippen molar-refractivity contribution in [3.05, 3.63) is 68.5 Å². The molecular formula is C26H29ClN2O5. The van der Waals surface area contributed by atoms with Crippen molar-refractivity contribution in [1.82, 2.24) is 9.80 Å². The highest BCUT2D eigenvalue weighted by Crippen LogP contribution is 2.41. The molecule has 1 amide bonds. The van der Waals surface area contributed by atoms with E-state index in [1.165, 1.54) is 0 Å². The second-order valence-electron chi connectivity index (χ2n) is 8.21. The normalized spacial score (nSPS) is 15.3. The molecule has 0 N–H and O–H groups in total. The van der Waals surface area contributed by atoms with Gasteiger partial charge in [0, 0.05) is 11.6 Å². The lowest BCUT2D eigenvalue weighted by Crippen LogP contribution is -2.33. The van der Waals surface area contributed by atoms with Crippen LogP contribution in [-0.4, -0.2) is 56.1 Å². The predicted octanol–water partition coefficient (Wildman–Crippen LogP) is 4.74. The maximum absolute atomic E-state index is 13.6. The van der Waals surface area contributed by atoms with E-state index in [2.05, 4.69) is 18.7 Å². The first-order valence-electron chi connectivity index (χ1n) is 11.4. The molecule has 1 aliphatic heterocycles. The van der Waals surface area contributed by atoms with E-state index in [0.29, 0.717) is 39.6 Å². The average Bonchev–Trinajstić information content (AvgIpc) is 3.13. The molecule has 0 aliphatic carbocycles. The molecule has 2 heterocycles. The summed E-state index contributed by atoms with van der Waals surface area (Å²) in [7, 11) is 3.12. The number of hydrogen-bond donors (Lipinski definition) is 0. The molecule has 2 aromatic carbocycles. The molecule has 1 aromatic heterocycles. The quantitative estimate of drug-likeness (QED) is 0.437. The smallest absolute Gasteiger partial charge is 0.290 e. The van der Waals surface area contributed by atoms with Gasteiger partial charge in [-0.2, -0.15) is 0 Å². The van der Waals surface area contributed by atoms with E-state index in [1.54, 1.807) is 43.4 Å². The van der Waals surface area contributed by atoms with Crippen LogP contribution < -0.4 is 14.9 Å². The highest BCUT2D eigenvalue weighted by Gasteiger charge is 2.42. The Balaban J connectivity index is 1.84. The van der Waals surface area contributed by atoms with Gasteiger partial charge in [0.1, 0.15) is 5.58 Å². The minimum absolute atomic E-state index is 0.0856. The van der Waals surface area contributed by atoms with E-state index in [-0.39, 0.29) is 17.1 Å². The molecule has 180 valence electrons. The summed E-state index contributed by atoms with van der Waals surface area (Å²) < 4.78 is 16.9. The number of nitrogens with zero attached hydrogens (tertiary/aromatic N) is 2. The number of rotatable bonds is 9. The zero-order chi connectivity index (χ0) is 24.4. The van der Waals surface area contributed by atoms with Gasteiger partial charge in [0.15, 0.2) is 16.9 Å². The van der Waals surface area contributed by atoms with E-state index < -0.39 is 6.04 Å². The van der Waals surface area contributed by atoms with E-state index in [0.717, 1.165) is 31.6 Å². The van der Waals surface area contributed by atoms with Gasteiger partial charge in [-0.15, -0.1) is 0 Å². The third-order valence-electron chi connectivity index (χ3n) is 6.42. The molecule has 0 fully saturated rings. The van der Waals surface area contributed by atoms with Crippen LogP contribution in [0.15, 0.2) is 45.6 Å². The van der Waals surface area contributed by atoms with Crippen LogP contribution in [0.1, 0.15) is 48.0 Å². The number of halogens is 1. The fourth-order valence-electron chi connectivity index (χ4n) is 4.60. The second kappa shape index (κ2) is 10.1. The molecule has 1 atom stereocenters. The van der Waals surface area contributed by atoms with Gasteiger partial charge in [0.2, 0.25) is 5.76 Å². The van der Waals surface area contributed by atoms with Gasteiger partial charge in [-0.1, -0.05) is 31.5 Å². The molecule has 0 bridgehead atoms. The maximum atomic E-state index is 13.6. The highest BCUT2D eigenvalue weighted by molar-refractivity contribution is 6.31. The molecule has 34 heavy (non-hydrogen) atoms. The first kappa shape index (κ1) is 24.1. The van der Waals surface area contributed by atoms with Crippen LogP contribution >= 0.6 is 11.6 Å². The van der Waals surface area contributed by atoms with Gasteiger partial charge < -0.3 is 23.7 Å². The lowest BCUT2D eigenvalue weighted by molar-refractivity contribution is 0.0720. The number of fused-ring (bicyclic) bond motifs is 2. The van der Waals surface area contributed by atoms with E-state index in [1.807, 2.05) is 12.1 Å². The maximum Gasteiger partial charge on any atom is 0.290 e. The van der Waals surface area contributed by atoms with Crippen LogP contribution in [0.25, 0.3) is 11.0 Å². The summed E-state index contributed by atoms with van der Waals surface area (Å²) in [5, 5.41) is 0.789. The number of amides is 1. The fourth-order valence-corrected chi connectivity index (χ4v) is 4.77. The number of carbonyl (C=O) groups excluding carboxylic acids is 1. The summed E-state index contributed by atoms with van der Waals surface area (Å²) in [5.74, 6) is 0.893. The Morgan fingerprint density at radius 1 is 1.03 bits per heavy atom. The molecular weight excluding hydrogens is 456 g/mol. The standard InChI is InChI=1S/C26H29ClN2O5/c1-5-28(6-2)12-7-13-29-23(16-8-10-20(32-3)21(14-16)33-4)22-24(30)18-15-17(27)9-11-19(18)34-25(22)26(29)31/h8-11,14-15,23H,5-7,12-13H2,1-4H3/t23-/m1/s1. The lowest BCUT2D eigenvalue weighted by Gasteiger charge is -2.27. The van der Waals surface area contributed by atoms with E-state index >= 15 is 0 Å². The van der Waals surface area contributed by atoms with E-state index in [4.69, 9.17) is 25.5 Å². The van der Waals surface area contributed by atoms with Crippen molar-refractivity contribution in [3.63, 3.8) is 0 Å². The highest BCUT2D eigenvalue weighted by atomic mass is 35.5. The summed E-state index contributed by atoms with van der Waals surface area (Å²) >= 11 is 6.16. The largest absolute Gasteiger partial charge is 0.493 e. The predicted molar refractivity (Wildman–Crippen MR) is 132 cm³/mol. The number of ether oxygens (including phenoxy) is 2. The minimum atomic E-state index is -0.598. The number of hydrogen-bond acceptors (Lipinski definition) is 6. The summed E-state index contributed by atoms with van der Waals surface area (Å²) in [6, 6.07) is 9.71. The summed E-state index contributed by atoms with van der Waals surface area (Å²) in [6.45, 7) is 7.45. The van der Waals surface area contributed by atoms with Crippen molar-refractivity contribution >= 4 is 28.5 Å².